The van der Waals surface area contributed by atoms with Gasteiger partial charge in [0.2, 0.25) is 0 Å². The number of anilines is 1. The first-order chi connectivity index (χ1) is 6.52. The van der Waals surface area contributed by atoms with E-state index in [1.54, 1.807) is 11.3 Å². The van der Waals surface area contributed by atoms with Gasteiger partial charge in [-0.2, -0.15) is 0 Å². The van der Waals surface area contributed by atoms with Crippen LogP contribution < -0.4 is 5.73 Å². The molecule has 0 saturated carbocycles. The Labute approximate surface area is 87.8 Å². The summed E-state index contributed by atoms with van der Waals surface area (Å²) in [6, 6.07) is 0. The summed E-state index contributed by atoms with van der Waals surface area (Å²) < 4.78 is 1.24. The van der Waals surface area contributed by atoms with E-state index in [2.05, 4.69) is 32.7 Å². The maximum atomic E-state index is 5.74. The molecule has 0 aliphatic heterocycles. The third-order valence-corrected chi connectivity index (χ3v) is 4.03. The van der Waals surface area contributed by atoms with Crippen molar-refractivity contribution in [3.63, 3.8) is 0 Å². The quantitative estimate of drug-likeness (QED) is 0.719. The van der Waals surface area contributed by atoms with E-state index < -0.39 is 0 Å². The molecular weight excluding hydrogens is 192 g/mol. The van der Waals surface area contributed by atoms with Gasteiger partial charge in [-0.25, -0.2) is 4.98 Å². The zero-order valence-electron chi connectivity index (χ0n) is 8.93. The van der Waals surface area contributed by atoms with Crippen LogP contribution in [0.5, 0.6) is 0 Å². The molecule has 0 saturated heterocycles. The predicted octanol–water partition coefficient (Wildman–Crippen LogP) is 3.11. The molecule has 0 aliphatic carbocycles. The lowest BCUT2D eigenvalue weighted by atomic mass is 9.99. The normalized spacial score (nSPS) is 11.1. The van der Waals surface area contributed by atoms with Gasteiger partial charge in [-0.3, -0.25) is 0 Å². The number of nitrogen functional groups attached to an aromatic ring is 1. The van der Waals surface area contributed by atoms with Gasteiger partial charge >= 0.3 is 0 Å². The number of thiazole rings is 1. The van der Waals surface area contributed by atoms with Gasteiger partial charge < -0.3 is 5.73 Å². The Morgan fingerprint density at radius 3 is 2.14 bits per heavy atom. The summed E-state index contributed by atoms with van der Waals surface area (Å²) in [7, 11) is 0. The minimum Gasteiger partial charge on any atom is -0.375 e. The van der Waals surface area contributed by atoms with Gasteiger partial charge in [0.15, 0.2) is 5.13 Å². The third kappa shape index (κ3) is 1.12. The fourth-order valence-electron chi connectivity index (χ4n) is 1.76. The number of nitrogens with zero attached hydrogens (tertiary/aromatic N) is 1. The van der Waals surface area contributed by atoms with Crippen molar-refractivity contribution in [1.29, 1.82) is 0 Å². The lowest BCUT2D eigenvalue weighted by Gasteiger charge is -2.08. The van der Waals surface area contributed by atoms with Crippen molar-refractivity contribution >= 4 is 26.7 Å². The molecule has 2 nitrogen and oxygen atoms in total. The number of hydrogen-bond donors (Lipinski definition) is 1. The van der Waals surface area contributed by atoms with Crippen LogP contribution in [0.3, 0.4) is 0 Å². The highest BCUT2D eigenvalue weighted by Crippen LogP contribution is 2.33. The monoisotopic (exact) mass is 206 g/mol. The molecule has 2 rings (SSSR count). The summed E-state index contributed by atoms with van der Waals surface area (Å²) in [4.78, 5) is 4.37. The zero-order valence-corrected chi connectivity index (χ0v) is 9.75. The van der Waals surface area contributed by atoms with E-state index in [4.69, 9.17) is 5.73 Å². The summed E-state index contributed by atoms with van der Waals surface area (Å²) in [6.45, 7) is 8.56. The molecule has 2 N–H and O–H groups in total. The van der Waals surface area contributed by atoms with E-state index in [9.17, 15) is 0 Å². The molecule has 0 radical (unpaired) electrons. The summed E-state index contributed by atoms with van der Waals surface area (Å²) in [5.41, 5.74) is 12.1. The van der Waals surface area contributed by atoms with Crippen LogP contribution in [-0.4, -0.2) is 4.98 Å². The van der Waals surface area contributed by atoms with Crippen LogP contribution in [0, 0.1) is 27.7 Å². The molecule has 1 heterocycles. The van der Waals surface area contributed by atoms with Crippen LogP contribution in [0.25, 0.3) is 10.2 Å². The Morgan fingerprint density at radius 1 is 0.929 bits per heavy atom. The molecule has 74 valence electrons. The van der Waals surface area contributed by atoms with Crippen LogP contribution in [0.1, 0.15) is 22.3 Å². The number of benzene rings is 1. The standard InChI is InChI=1S/C11H14N2S/c1-5-6(2)8(4)10-9(7(5)3)13-11(12)14-10/h1-4H3,(H2,12,13). The summed E-state index contributed by atoms with van der Waals surface area (Å²) in [6.07, 6.45) is 0. The van der Waals surface area contributed by atoms with E-state index >= 15 is 0 Å². The van der Waals surface area contributed by atoms with Gasteiger partial charge in [0.1, 0.15) is 0 Å². The molecule has 0 amide bonds. The largest absolute Gasteiger partial charge is 0.375 e. The topological polar surface area (TPSA) is 38.9 Å². The highest BCUT2D eigenvalue weighted by atomic mass is 32.1. The smallest absolute Gasteiger partial charge is 0.181 e. The average Bonchev–Trinajstić information content (AvgIpc) is 2.54. The number of aryl methyl sites for hydroxylation is 2. The van der Waals surface area contributed by atoms with Crippen molar-refractivity contribution < 1.29 is 0 Å². The number of nitrogens with two attached hydrogens (primary N) is 1. The Kier molecular flexibility index (Phi) is 2.00. The minimum absolute atomic E-state index is 0.663. The van der Waals surface area contributed by atoms with E-state index in [1.807, 2.05) is 0 Å². The van der Waals surface area contributed by atoms with E-state index in [0.29, 0.717) is 5.13 Å². The molecule has 1 aromatic heterocycles. The van der Waals surface area contributed by atoms with Gasteiger partial charge in [-0.05, 0) is 49.9 Å². The third-order valence-electron chi connectivity index (χ3n) is 3.03. The molecule has 0 atom stereocenters. The Bertz CT molecular complexity index is 467. The number of rotatable bonds is 0. The first-order valence-electron chi connectivity index (χ1n) is 4.64. The SMILES string of the molecule is Cc1c(C)c(C)c2sc(N)nc2c1C. The fourth-order valence-corrected chi connectivity index (χ4v) is 2.70. The van der Waals surface area contributed by atoms with Gasteiger partial charge in [-0.15, -0.1) is 0 Å². The second-order valence-electron chi connectivity index (χ2n) is 3.73. The van der Waals surface area contributed by atoms with Crippen LogP contribution >= 0.6 is 11.3 Å². The van der Waals surface area contributed by atoms with E-state index in [0.717, 1.165) is 5.52 Å². The lowest BCUT2D eigenvalue weighted by Crippen LogP contribution is -1.92. The highest BCUT2D eigenvalue weighted by Gasteiger charge is 2.12. The molecule has 3 heteroatoms. The Morgan fingerprint density at radius 2 is 1.50 bits per heavy atom. The molecule has 0 unspecified atom stereocenters. The number of fused-ring (bicyclic) bond motifs is 1. The average molecular weight is 206 g/mol. The van der Waals surface area contributed by atoms with E-state index in [1.165, 1.54) is 27.0 Å². The van der Waals surface area contributed by atoms with Gasteiger partial charge in [0, 0.05) is 0 Å². The second-order valence-corrected chi connectivity index (χ2v) is 4.76. The van der Waals surface area contributed by atoms with Crippen molar-refractivity contribution in [2.24, 2.45) is 0 Å². The highest BCUT2D eigenvalue weighted by molar-refractivity contribution is 7.22. The summed E-state index contributed by atoms with van der Waals surface area (Å²) >= 11 is 1.58. The van der Waals surface area contributed by atoms with Crippen LogP contribution in [-0.2, 0) is 0 Å². The van der Waals surface area contributed by atoms with Crippen molar-refractivity contribution in [1.82, 2.24) is 4.98 Å². The first-order valence-corrected chi connectivity index (χ1v) is 5.46. The molecule has 1 aromatic carbocycles. The van der Waals surface area contributed by atoms with Crippen LogP contribution in [0.15, 0.2) is 0 Å². The van der Waals surface area contributed by atoms with Crippen molar-refractivity contribution in [3.05, 3.63) is 22.3 Å². The summed E-state index contributed by atoms with van der Waals surface area (Å²) in [5.74, 6) is 0. The fraction of sp³-hybridized carbons (Fsp3) is 0.364. The molecule has 14 heavy (non-hydrogen) atoms. The molecule has 0 bridgehead atoms. The Hall–Kier alpha value is -1.09. The van der Waals surface area contributed by atoms with Crippen LogP contribution in [0.4, 0.5) is 5.13 Å². The number of aromatic nitrogens is 1. The zero-order chi connectivity index (χ0) is 10.5. The van der Waals surface area contributed by atoms with E-state index in [-0.39, 0.29) is 0 Å². The van der Waals surface area contributed by atoms with Crippen molar-refractivity contribution in [2.45, 2.75) is 27.7 Å². The Balaban J connectivity index is 3.01. The maximum Gasteiger partial charge on any atom is 0.181 e. The lowest BCUT2D eigenvalue weighted by molar-refractivity contribution is 1.24. The van der Waals surface area contributed by atoms with Crippen LogP contribution in [0.2, 0.25) is 0 Å². The second kappa shape index (κ2) is 2.95. The molecule has 0 spiro atoms. The molecule has 2 aromatic rings. The summed E-state index contributed by atoms with van der Waals surface area (Å²) in [5, 5.41) is 0.663. The van der Waals surface area contributed by atoms with Crippen molar-refractivity contribution in [3.8, 4) is 0 Å². The molecule has 0 aliphatic rings. The van der Waals surface area contributed by atoms with Gasteiger partial charge in [0.05, 0.1) is 10.2 Å². The molecule has 0 fully saturated rings. The first kappa shape index (κ1) is 9.46. The van der Waals surface area contributed by atoms with Gasteiger partial charge in [-0.1, -0.05) is 11.3 Å². The molecular formula is C11H14N2S. The van der Waals surface area contributed by atoms with Gasteiger partial charge in [0.25, 0.3) is 0 Å². The minimum atomic E-state index is 0.663. The van der Waals surface area contributed by atoms with Crippen molar-refractivity contribution in [2.75, 3.05) is 5.73 Å². The number of hydrogen-bond acceptors (Lipinski definition) is 3. The maximum absolute atomic E-state index is 5.74. The predicted molar refractivity (Wildman–Crippen MR) is 63.0 cm³/mol.